The Labute approximate surface area is 127 Å². The maximum Gasteiger partial charge on any atom is 0.172 e. The van der Waals surface area contributed by atoms with Crippen molar-refractivity contribution in [3.05, 3.63) is 71.3 Å². The Morgan fingerprint density at radius 1 is 1.00 bits per heavy atom. The summed E-state index contributed by atoms with van der Waals surface area (Å²) in [5, 5.41) is 0. The van der Waals surface area contributed by atoms with Crippen LogP contribution in [0, 0.1) is 6.92 Å². The SMILES string of the molecule is CCCc1ccc(C(=O)CS)cc1.Cc1ccccc1. The molecule has 106 valence electrons. The second-order valence-electron chi connectivity index (χ2n) is 4.68. The van der Waals surface area contributed by atoms with E-state index in [9.17, 15) is 4.79 Å². The number of carbonyl (C=O) groups excluding carboxylic acids is 1. The van der Waals surface area contributed by atoms with Crippen molar-refractivity contribution in [2.75, 3.05) is 5.75 Å². The first-order valence-corrected chi connectivity index (χ1v) is 7.55. The predicted octanol–water partition coefficient (Wildman–Crippen LogP) is 4.75. The highest BCUT2D eigenvalue weighted by Gasteiger charge is 2.01. The molecule has 2 aromatic carbocycles. The van der Waals surface area contributed by atoms with Gasteiger partial charge in [-0.3, -0.25) is 4.79 Å². The lowest BCUT2D eigenvalue weighted by molar-refractivity contribution is 0.102. The Hall–Kier alpha value is -1.54. The number of hydrogen-bond acceptors (Lipinski definition) is 2. The van der Waals surface area contributed by atoms with E-state index in [-0.39, 0.29) is 11.5 Å². The van der Waals surface area contributed by atoms with Crippen LogP contribution in [0.15, 0.2) is 54.6 Å². The zero-order valence-corrected chi connectivity index (χ0v) is 13.1. The number of hydrogen-bond donors (Lipinski definition) is 1. The van der Waals surface area contributed by atoms with Crippen molar-refractivity contribution in [1.29, 1.82) is 0 Å². The molecule has 0 saturated carbocycles. The van der Waals surface area contributed by atoms with Crippen LogP contribution in [-0.2, 0) is 6.42 Å². The van der Waals surface area contributed by atoms with Crippen LogP contribution < -0.4 is 0 Å². The van der Waals surface area contributed by atoms with Gasteiger partial charge in [0, 0.05) is 5.56 Å². The first-order valence-electron chi connectivity index (χ1n) is 6.92. The quantitative estimate of drug-likeness (QED) is 0.634. The lowest BCUT2D eigenvalue weighted by Gasteiger charge is -2.00. The number of benzene rings is 2. The van der Waals surface area contributed by atoms with Crippen LogP contribution in [0.2, 0.25) is 0 Å². The van der Waals surface area contributed by atoms with Gasteiger partial charge in [-0.25, -0.2) is 0 Å². The number of thiol groups is 1. The van der Waals surface area contributed by atoms with Crippen molar-refractivity contribution in [1.82, 2.24) is 0 Å². The van der Waals surface area contributed by atoms with E-state index in [1.54, 1.807) is 0 Å². The molecule has 0 heterocycles. The molecule has 0 atom stereocenters. The van der Waals surface area contributed by atoms with Gasteiger partial charge < -0.3 is 0 Å². The van der Waals surface area contributed by atoms with Crippen LogP contribution in [-0.4, -0.2) is 11.5 Å². The minimum atomic E-state index is 0.0892. The molecule has 0 aliphatic carbocycles. The molecule has 1 nitrogen and oxygen atoms in total. The highest BCUT2D eigenvalue weighted by atomic mass is 32.1. The third-order valence-corrected chi connectivity index (χ3v) is 3.19. The van der Waals surface area contributed by atoms with Crippen molar-refractivity contribution >= 4 is 18.4 Å². The molecule has 0 bridgehead atoms. The average molecular weight is 286 g/mol. The van der Waals surface area contributed by atoms with Crippen LogP contribution >= 0.6 is 12.6 Å². The van der Waals surface area contributed by atoms with Gasteiger partial charge in [-0.05, 0) is 18.9 Å². The topological polar surface area (TPSA) is 17.1 Å². The largest absolute Gasteiger partial charge is 0.293 e. The Morgan fingerprint density at radius 2 is 1.60 bits per heavy atom. The summed E-state index contributed by atoms with van der Waals surface area (Å²) in [4.78, 5) is 11.2. The van der Waals surface area contributed by atoms with E-state index in [0.29, 0.717) is 0 Å². The molecule has 0 aliphatic heterocycles. The summed E-state index contributed by atoms with van der Waals surface area (Å²) in [5.41, 5.74) is 3.37. The number of Topliss-reactive ketones (excluding diaryl/α,β-unsaturated/α-hetero) is 1. The molecule has 2 rings (SSSR count). The molecule has 0 unspecified atom stereocenters. The maximum absolute atomic E-state index is 11.2. The van der Waals surface area contributed by atoms with Gasteiger partial charge >= 0.3 is 0 Å². The third-order valence-electron chi connectivity index (χ3n) is 2.90. The maximum atomic E-state index is 11.2. The molecule has 0 radical (unpaired) electrons. The molecule has 2 heteroatoms. The fourth-order valence-corrected chi connectivity index (χ4v) is 1.95. The van der Waals surface area contributed by atoms with E-state index in [0.717, 1.165) is 18.4 Å². The normalized spacial score (nSPS) is 9.55. The zero-order valence-electron chi connectivity index (χ0n) is 12.2. The average Bonchev–Trinajstić information content (AvgIpc) is 2.49. The van der Waals surface area contributed by atoms with E-state index in [4.69, 9.17) is 0 Å². The molecule has 0 spiro atoms. The van der Waals surface area contributed by atoms with Crippen LogP contribution in [0.25, 0.3) is 0 Å². The van der Waals surface area contributed by atoms with Gasteiger partial charge in [0.2, 0.25) is 0 Å². The van der Waals surface area contributed by atoms with Crippen molar-refractivity contribution in [3.63, 3.8) is 0 Å². The van der Waals surface area contributed by atoms with Gasteiger partial charge in [0.1, 0.15) is 0 Å². The second-order valence-corrected chi connectivity index (χ2v) is 5.00. The van der Waals surface area contributed by atoms with Gasteiger partial charge in [-0.1, -0.05) is 73.5 Å². The van der Waals surface area contributed by atoms with E-state index >= 15 is 0 Å². The van der Waals surface area contributed by atoms with Crippen molar-refractivity contribution in [2.45, 2.75) is 26.7 Å². The molecular formula is C18H22OS. The molecule has 2 aromatic rings. The number of ketones is 1. The van der Waals surface area contributed by atoms with E-state index < -0.39 is 0 Å². The fraction of sp³-hybridized carbons (Fsp3) is 0.278. The van der Waals surface area contributed by atoms with E-state index in [1.165, 1.54) is 11.1 Å². The number of rotatable bonds is 4. The summed E-state index contributed by atoms with van der Waals surface area (Å²) in [6.07, 6.45) is 2.22. The highest BCUT2D eigenvalue weighted by Crippen LogP contribution is 2.07. The molecule has 0 aliphatic rings. The number of carbonyl (C=O) groups is 1. The van der Waals surface area contributed by atoms with Gasteiger partial charge in [-0.15, -0.1) is 0 Å². The van der Waals surface area contributed by atoms with Crippen LogP contribution in [0.3, 0.4) is 0 Å². The molecule has 20 heavy (non-hydrogen) atoms. The lowest BCUT2D eigenvalue weighted by Crippen LogP contribution is -1.99. The minimum Gasteiger partial charge on any atom is -0.293 e. The zero-order chi connectivity index (χ0) is 14.8. The summed E-state index contributed by atoms with van der Waals surface area (Å²) >= 11 is 3.94. The van der Waals surface area contributed by atoms with Crippen molar-refractivity contribution in [3.8, 4) is 0 Å². The first kappa shape index (κ1) is 16.5. The smallest absolute Gasteiger partial charge is 0.172 e. The van der Waals surface area contributed by atoms with E-state index in [2.05, 4.69) is 38.6 Å². The highest BCUT2D eigenvalue weighted by molar-refractivity contribution is 7.81. The van der Waals surface area contributed by atoms with Gasteiger partial charge in [-0.2, -0.15) is 12.6 Å². The first-order chi connectivity index (χ1) is 9.67. The molecule has 0 N–H and O–H groups in total. The lowest BCUT2D eigenvalue weighted by atomic mass is 10.1. The minimum absolute atomic E-state index is 0.0892. The van der Waals surface area contributed by atoms with Crippen LogP contribution in [0.5, 0.6) is 0 Å². The summed E-state index contributed by atoms with van der Waals surface area (Å²) in [7, 11) is 0. The standard InChI is InChI=1S/C11H14OS.C7H8/c1-2-3-9-4-6-10(7-5-9)11(12)8-13;1-7-5-3-2-4-6-7/h4-7,13H,2-3,8H2,1H3;2-6H,1H3. The Morgan fingerprint density at radius 3 is 2.00 bits per heavy atom. The van der Waals surface area contributed by atoms with Crippen molar-refractivity contribution in [2.24, 2.45) is 0 Å². The predicted molar refractivity (Wildman–Crippen MR) is 89.8 cm³/mol. The monoisotopic (exact) mass is 286 g/mol. The summed E-state index contributed by atoms with van der Waals surface area (Å²) < 4.78 is 0. The Kier molecular flexibility index (Phi) is 7.74. The second kappa shape index (κ2) is 9.38. The Bertz CT molecular complexity index is 503. The van der Waals surface area contributed by atoms with Gasteiger partial charge in [0.15, 0.2) is 5.78 Å². The van der Waals surface area contributed by atoms with Crippen molar-refractivity contribution < 1.29 is 4.79 Å². The number of aryl methyl sites for hydroxylation is 2. The summed E-state index contributed by atoms with van der Waals surface area (Å²) in [6, 6.07) is 18.0. The third kappa shape index (κ3) is 6.07. The summed E-state index contributed by atoms with van der Waals surface area (Å²) in [6.45, 7) is 4.23. The molecule has 0 aromatic heterocycles. The van der Waals surface area contributed by atoms with Crippen LogP contribution in [0.1, 0.15) is 34.8 Å². The van der Waals surface area contributed by atoms with Crippen LogP contribution in [0.4, 0.5) is 0 Å². The van der Waals surface area contributed by atoms with Gasteiger partial charge in [0.25, 0.3) is 0 Å². The molecule has 0 amide bonds. The molecule has 0 saturated heterocycles. The van der Waals surface area contributed by atoms with E-state index in [1.807, 2.05) is 42.5 Å². The summed E-state index contributed by atoms with van der Waals surface area (Å²) in [5.74, 6) is 0.374. The van der Waals surface area contributed by atoms with Gasteiger partial charge in [0.05, 0.1) is 5.75 Å². The fourth-order valence-electron chi connectivity index (χ4n) is 1.77. The molecule has 0 fully saturated rings. The Balaban J connectivity index is 0.000000240. The molecular weight excluding hydrogens is 264 g/mol.